The standard InChI is InChI=1S/C11H14ClN3S/c1-7(2)10-13-14-11(12)15(10)4-9-6-16-5-8(9)3/h5-7H,4H2,1-3H3. The van der Waals surface area contributed by atoms with Crippen molar-refractivity contribution in [3.63, 3.8) is 0 Å². The Morgan fingerprint density at radius 3 is 2.69 bits per heavy atom. The molecular formula is C11H14ClN3S. The third kappa shape index (κ3) is 2.13. The number of aromatic nitrogens is 3. The fourth-order valence-electron chi connectivity index (χ4n) is 1.59. The van der Waals surface area contributed by atoms with Crippen LogP contribution in [0, 0.1) is 6.92 Å². The topological polar surface area (TPSA) is 30.7 Å². The molecule has 86 valence electrons. The summed E-state index contributed by atoms with van der Waals surface area (Å²) in [5.41, 5.74) is 2.58. The summed E-state index contributed by atoms with van der Waals surface area (Å²) < 4.78 is 1.97. The van der Waals surface area contributed by atoms with Crippen LogP contribution in [0.5, 0.6) is 0 Å². The highest BCUT2D eigenvalue weighted by molar-refractivity contribution is 7.08. The molecule has 0 amide bonds. The Morgan fingerprint density at radius 2 is 2.12 bits per heavy atom. The van der Waals surface area contributed by atoms with E-state index in [1.54, 1.807) is 11.3 Å². The van der Waals surface area contributed by atoms with Crippen molar-refractivity contribution in [1.29, 1.82) is 0 Å². The first-order valence-electron chi connectivity index (χ1n) is 5.20. The highest BCUT2D eigenvalue weighted by Crippen LogP contribution is 2.21. The molecule has 0 aliphatic rings. The van der Waals surface area contributed by atoms with Gasteiger partial charge in [0.15, 0.2) is 0 Å². The van der Waals surface area contributed by atoms with E-state index < -0.39 is 0 Å². The van der Waals surface area contributed by atoms with Crippen LogP contribution in [0.4, 0.5) is 0 Å². The molecule has 2 rings (SSSR count). The molecule has 0 radical (unpaired) electrons. The van der Waals surface area contributed by atoms with Gasteiger partial charge in [-0.3, -0.25) is 4.57 Å². The molecule has 0 unspecified atom stereocenters. The van der Waals surface area contributed by atoms with Crippen molar-refractivity contribution in [3.05, 3.63) is 33.0 Å². The van der Waals surface area contributed by atoms with Crippen LogP contribution in [0.1, 0.15) is 36.7 Å². The highest BCUT2D eigenvalue weighted by atomic mass is 35.5. The van der Waals surface area contributed by atoms with Gasteiger partial charge in [0, 0.05) is 5.92 Å². The van der Waals surface area contributed by atoms with Crippen LogP contribution >= 0.6 is 22.9 Å². The molecule has 3 nitrogen and oxygen atoms in total. The molecule has 0 saturated heterocycles. The van der Waals surface area contributed by atoms with Gasteiger partial charge in [-0.05, 0) is 40.4 Å². The van der Waals surface area contributed by atoms with E-state index in [4.69, 9.17) is 11.6 Å². The first kappa shape index (κ1) is 11.6. The molecule has 5 heteroatoms. The molecule has 0 aliphatic heterocycles. The zero-order valence-electron chi connectivity index (χ0n) is 9.57. The number of halogens is 1. The average molecular weight is 256 g/mol. The highest BCUT2D eigenvalue weighted by Gasteiger charge is 2.14. The van der Waals surface area contributed by atoms with Crippen molar-refractivity contribution in [2.45, 2.75) is 33.2 Å². The Labute approximate surface area is 104 Å². The lowest BCUT2D eigenvalue weighted by molar-refractivity contribution is 0.669. The fraction of sp³-hybridized carbons (Fsp3) is 0.455. The van der Waals surface area contributed by atoms with Crippen molar-refractivity contribution in [2.75, 3.05) is 0 Å². The summed E-state index contributed by atoms with van der Waals surface area (Å²) in [6, 6.07) is 0. The van der Waals surface area contributed by atoms with Gasteiger partial charge in [0.25, 0.3) is 0 Å². The van der Waals surface area contributed by atoms with Gasteiger partial charge in [-0.1, -0.05) is 13.8 Å². The molecule has 0 N–H and O–H groups in total. The van der Waals surface area contributed by atoms with Gasteiger partial charge in [0.2, 0.25) is 5.28 Å². The third-order valence-corrected chi connectivity index (χ3v) is 3.73. The van der Waals surface area contributed by atoms with Gasteiger partial charge in [-0.15, -0.1) is 10.2 Å². The van der Waals surface area contributed by atoms with E-state index in [0.29, 0.717) is 11.2 Å². The summed E-state index contributed by atoms with van der Waals surface area (Å²) in [7, 11) is 0. The van der Waals surface area contributed by atoms with Crippen LogP contribution < -0.4 is 0 Å². The van der Waals surface area contributed by atoms with Gasteiger partial charge in [0.1, 0.15) is 5.82 Å². The van der Waals surface area contributed by atoms with Crippen LogP contribution in [0.15, 0.2) is 10.8 Å². The van der Waals surface area contributed by atoms with Gasteiger partial charge in [-0.25, -0.2) is 0 Å². The van der Waals surface area contributed by atoms with Gasteiger partial charge in [-0.2, -0.15) is 11.3 Å². The summed E-state index contributed by atoms with van der Waals surface area (Å²) in [5, 5.41) is 12.8. The monoisotopic (exact) mass is 255 g/mol. The van der Waals surface area contributed by atoms with E-state index in [2.05, 4.69) is 41.7 Å². The number of hydrogen-bond acceptors (Lipinski definition) is 3. The second-order valence-corrected chi connectivity index (χ2v) is 5.23. The second-order valence-electron chi connectivity index (χ2n) is 4.15. The molecule has 16 heavy (non-hydrogen) atoms. The predicted octanol–water partition coefficient (Wildman–Crippen LogP) is 3.47. The molecule has 0 bridgehead atoms. The molecule has 2 heterocycles. The van der Waals surface area contributed by atoms with E-state index in [1.807, 2.05) is 4.57 Å². The summed E-state index contributed by atoms with van der Waals surface area (Å²) >= 11 is 7.76. The molecule has 0 atom stereocenters. The second kappa shape index (κ2) is 4.55. The van der Waals surface area contributed by atoms with Crippen LogP contribution in [0.25, 0.3) is 0 Å². The lowest BCUT2D eigenvalue weighted by Gasteiger charge is -2.09. The van der Waals surface area contributed by atoms with Crippen LogP contribution in [-0.2, 0) is 6.54 Å². The Morgan fingerprint density at radius 1 is 1.38 bits per heavy atom. The van der Waals surface area contributed by atoms with Crippen molar-refractivity contribution in [1.82, 2.24) is 14.8 Å². The summed E-state index contributed by atoms with van der Waals surface area (Å²) in [4.78, 5) is 0. The van der Waals surface area contributed by atoms with Crippen molar-refractivity contribution in [3.8, 4) is 0 Å². The molecule has 0 aromatic carbocycles. The lowest BCUT2D eigenvalue weighted by Crippen LogP contribution is -2.07. The molecule has 0 saturated carbocycles. The Kier molecular flexibility index (Phi) is 3.30. The fourth-order valence-corrected chi connectivity index (χ4v) is 2.62. The zero-order chi connectivity index (χ0) is 11.7. The number of nitrogens with zero attached hydrogens (tertiary/aromatic N) is 3. The zero-order valence-corrected chi connectivity index (χ0v) is 11.1. The number of rotatable bonds is 3. The first-order valence-corrected chi connectivity index (χ1v) is 6.52. The van der Waals surface area contributed by atoms with Gasteiger partial charge >= 0.3 is 0 Å². The largest absolute Gasteiger partial charge is 0.297 e. The minimum absolute atomic E-state index is 0.332. The maximum atomic E-state index is 6.05. The maximum absolute atomic E-state index is 6.05. The number of aryl methyl sites for hydroxylation is 1. The minimum Gasteiger partial charge on any atom is -0.297 e. The third-order valence-electron chi connectivity index (χ3n) is 2.54. The Hall–Kier alpha value is -0.870. The lowest BCUT2D eigenvalue weighted by atomic mass is 10.2. The van der Waals surface area contributed by atoms with Gasteiger partial charge < -0.3 is 0 Å². The quantitative estimate of drug-likeness (QED) is 0.841. The molecular weight excluding hydrogens is 242 g/mol. The van der Waals surface area contributed by atoms with E-state index >= 15 is 0 Å². The van der Waals surface area contributed by atoms with Crippen LogP contribution in [-0.4, -0.2) is 14.8 Å². The Bertz CT molecular complexity index is 487. The van der Waals surface area contributed by atoms with E-state index in [9.17, 15) is 0 Å². The van der Waals surface area contributed by atoms with Crippen molar-refractivity contribution < 1.29 is 0 Å². The molecule has 0 aliphatic carbocycles. The average Bonchev–Trinajstić information content (AvgIpc) is 2.76. The van der Waals surface area contributed by atoms with E-state index in [0.717, 1.165) is 12.4 Å². The summed E-state index contributed by atoms with van der Waals surface area (Å²) in [6.07, 6.45) is 0. The predicted molar refractivity (Wildman–Crippen MR) is 67.3 cm³/mol. The minimum atomic E-state index is 0.332. The first-order chi connectivity index (χ1) is 7.59. The van der Waals surface area contributed by atoms with Crippen molar-refractivity contribution >= 4 is 22.9 Å². The molecule has 0 spiro atoms. The van der Waals surface area contributed by atoms with Crippen molar-refractivity contribution in [2.24, 2.45) is 0 Å². The van der Waals surface area contributed by atoms with Crippen LogP contribution in [0.2, 0.25) is 5.28 Å². The number of thiophene rings is 1. The maximum Gasteiger partial charge on any atom is 0.225 e. The number of hydrogen-bond donors (Lipinski definition) is 0. The normalized spacial score (nSPS) is 11.3. The van der Waals surface area contributed by atoms with Crippen LogP contribution in [0.3, 0.4) is 0 Å². The van der Waals surface area contributed by atoms with E-state index in [-0.39, 0.29) is 0 Å². The van der Waals surface area contributed by atoms with E-state index in [1.165, 1.54) is 11.1 Å². The smallest absolute Gasteiger partial charge is 0.225 e. The SMILES string of the molecule is Cc1cscc1Cn1c(Cl)nnc1C(C)C. The summed E-state index contributed by atoms with van der Waals surface area (Å²) in [6.45, 7) is 7.06. The molecule has 2 aromatic heterocycles. The summed E-state index contributed by atoms with van der Waals surface area (Å²) in [5.74, 6) is 1.27. The molecule has 2 aromatic rings. The Balaban J connectivity index is 2.34. The van der Waals surface area contributed by atoms with Gasteiger partial charge in [0.05, 0.1) is 6.54 Å². The molecule has 0 fully saturated rings.